The van der Waals surface area contributed by atoms with Crippen molar-refractivity contribution < 1.29 is 14.3 Å². The molecule has 1 saturated carbocycles. The summed E-state index contributed by atoms with van der Waals surface area (Å²) in [4.78, 5) is 28.9. The van der Waals surface area contributed by atoms with Crippen LogP contribution in [0.15, 0.2) is 30.3 Å². The second-order valence-electron chi connectivity index (χ2n) is 7.27. The summed E-state index contributed by atoms with van der Waals surface area (Å²) in [5.41, 5.74) is 1.10. The normalized spacial score (nSPS) is 30.7. The molecule has 1 aromatic carbocycles. The van der Waals surface area contributed by atoms with Gasteiger partial charge in [0, 0.05) is 25.6 Å². The highest BCUT2D eigenvalue weighted by molar-refractivity contribution is 5.89. The summed E-state index contributed by atoms with van der Waals surface area (Å²) < 4.78 is 6.03. The van der Waals surface area contributed by atoms with Crippen molar-refractivity contribution >= 4 is 11.8 Å². The van der Waals surface area contributed by atoms with E-state index in [0.717, 1.165) is 18.4 Å². The van der Waals surface area contributed by atoms with Gasteiger partial charge in [-0.05, 0) is 25.3 Å². The first-order chi connectivity index (χ1) is 11.6. The predicted molar refractivity (Wildman–Crippen MR) is 89.2 cm³/mol. The molecule has 24 heavy (non-hydrogen) atoms. The van der Waals surface area contributed by atoms with Gasteiger partial charge in [-0.3, -0.25) is 9.59 Å². The monoisotopic (exact) mass is 328 g/mol. The smallest absolute Gasteiger partial charge is 0.228 e. The molecular formula is C19H24N2O3. The van der Waals surface area contributed by atoms with Gasteiger partial charge in [0.25, 0.3) is 0 Å². The van der Waals surface area contributed by atoms with Gasteiger partial charge in [-0.2, -0.15) is 0 Å². The summed E-state index contributed by atoms with van der Waals surface area (Å²) in [5, 5.41) is 0. The van der Waals surface area contributed by atoms with E-state index in [1.165, 1.54) is 0 Å². The quantitative estimate of drug-likeness (QED) is 0.852. The molecule has 3 aliphatic rings. The van der Waals surface area contributed by atoms with Crippen LogP contribution >= 0.6 is 0 Å². The Hall–Kier alpha value is -1.88. The Morgan fingerprint density at radius 3 is 2.58 bits per heavy atom. The van der Waals surface area contributed by atoms with Crippen molar-refractivity contribution in [1.29, 1.82) is 0 Å². The number of hydrogen-bond donors (Lipinski definition) is 0. The van der Waals surface area contributed by atoms with Crippen LogP contribution < -0.4 is 0 Å². The number of rotatable bonds is 3. The van der Waals surface area contributed by atoms with Crippen molar-refractivity contribution in [2.24, 2.45) is 5.92 Å². The van der Waals surface area contributed by atoms with Crippen LogP contribution in [0.3, 0.4) is 0 Å². The van der Waals surface area contributed by atoms with Gasteiger partial charge in [0.2, 0.25) is 11.8 Å². The zero-order valence-corrected chi connectivity index (χ0v) is 14.1. The second-order valence-corrected chi connectivity index (χ2v) is 7.27. The maximum atomic E-state index is 12.9. The van der Waals surface area contributed by atoms with Crippen molar-refractivity contribution in [3.63, 3.8) is 0 Å². The fraction of sp³-hybridized carbons (Fsp3) is 0.579. The molecule has 2 aliphatic heterocycles. The Balaban J connectivity index is 1.45. The van der Waals surface area contributed by atoms with Crippen LogP contribution in [-0.2, 0) is 14.3 Å². The van der Waals surface area contributed by atoms with Gasteiger partial charge in [0.15, 0.2) is 0 Å². The minimum absolute atomic E-state index is 0.00421. The first-order valence-corrected chi connectivity index (χ1v) is 8.90. The molecule has 0 N–H and O–H groups in total. The number of hydrogen-bond acceptors (Lipinski definition) is 3. The van der Waals surface area contributed by atoms with Crippen molar-refractivity contribution in [1.82, 2.24) is 9.80 Å². The first kappa shape index (κ1) is 15.6. The van der Waals surface area contributed by atoms with E-state index in [4.69, 9.17) is 4.74 Å². The van der Waals surface area contributed by atoms with E-state index in [-0.39, 0.29) is 29.9 Å². The summed E-state index contributed by atoms with van der Waals surface area (Å²) in [6.07, 6.45) is 2.48. The number of ether oxygens (including phenoxy) is 1. The third-order valence-corrected chi connectivity index (χ3v) is 5.24. The Morgan fingerprint density at radius 2 is 1.88 bits per heavy atom. The lowest BCUT2D eigenvalue weighted by atomic mass is 10.0. The van der Waals surface area contributed by atoms with Crippen LogP contribution in [0, 0.1) is 5.92 Å². The van der Waals surface area contributed by atoms with Crippen LogP contribution in [0.1, 0.15) is 37.9 Å². The minimum Gasteiger partial charge on any atom is -0.367 e. The van der Waals surface area contributed by atoms with E-state index in [9.17, 15) is 9.59 Å². The Bertz CT molecular complexity index is 629. The van der Waals surface area contributed by atoms with Crippen LogP contribution in [0.5, 0.6) is 0 Å². The van der Waals surface area contributed by atoms with Crippen molar-refractivity contribution in [2.45, 2.75) is 44.4 Å². The number of benzene rings is 1. The van der Waals surface area contributed by atoms with Gasteiger partial charge in [-0.1, -0.05) is 30.3 Å². The molecule has 1 aromatic rings. The summed E-state index contributed by atoms with van der Waals surface area (Å²) in [5.74, 6) is 0.0826. The van der Waals surface area contributed by atoms with Gasteiger partial charge >= 0.3 is 0 Å². The third kappa shape index (κ3) is 3.05. The summed E-state index contributed by atoms with van der Waals surface area (Å²) in [7, 11) is 0. The van der Waals surface area contributed by atoms with Crippen molar-refractivity contribution in [2.75, 3.05) is 19.6 Å². The van der Waals surface area contributed by atoms with Gasteiger partial charge < -0.3 is 14.5 Å². The molecule has 3 fully saturated rings. The lowest BCUT2D eigenvalue weighted by Crippen LogP contribution is -2.48. The lowest BCUT2D eigenvalue weighted by molar-refractivity contribution is -0.148. The van der Waals surface area contributed by atoms with Crippen LogP contribution in [0.2, 0.25) is 0 Å². The maximum Gasteiger partial charge on any atom is 0.228 e. The highest BCUT2D eigenvalue weighted by Crippen LogP contribution is 2.34. The summed E-state index contributed by atoms with van der Waals surface area (Å²) in [6, 6.07) is 10.4. The number of morpholine rings is 1. The number of amides is 2. The first-order valence-electron chi connectivity index (χ1n) is 8.90. The van der Waals surface area contributed by atoms with Gasteiger partial charge in [0.1, 0.15) is 6.10 Å². The molecule has 3 atom stereocenters. The van der Waals surface area contributed by atoms with Crippen LogP contribution in [-0.4, -0.2) is 53.4 Å². The predicted octanol–water partition coefficient (Wildman–Crippen LogP) is 1.99. The van der Waals surface area contributed by atoms with E-state index >= 15 is 0 Å². The molecule has 0 bridgehead atoms. The summed E-state index contributed by atoms with van der Waals surface area (Å²) in [6.45, 7) is 3.79. The number of nitrogens with zero attached hydrogens (tertiary/aromatic N) is 2. The molecular weight excluding hydrogens is 304 g/mol. The lowest BCUT2D eigenvalue weighted by Gasteiger charge is -2.38. The van der Waals surface area contributed by atoms with Crippen LogP contribution in [0.25, 0.3) is 0 Å². The maximum absolute atomic E-state index is 12.9. The molecule has 5 nitrogen and oxygen atoms in total. The van der Waals surface area contributed by atoms with Gasteiger partial charge in [-0.15, -0.1) is 0 Å². The Morgan fingerprint density at radius 1 is 1.12 bits per heavy atom. The van der Waals surface area contributed by atoms with Gasteiger partial charge in [0.05, 0.1) is 18.6 Å². The second kappa shape index (κ2) is 6.20. The van der Waals surface area contributed by atoms with E-state index in [2.05, 4.69) is 0 Å². The molecule has 2 saturated heterocycles. The third-order valence-electron chi connectivity index (χ3n) is 5.24. The fourth-order valence-corrected chi connectivity index (χ4v) is 3.88. The molecule has 128 valence electrons. The average Bonchev–Trinajstić information content (AvgIpc) is 3.36. The van der Waals surface area contributed by atoms with Crippen molar-refractivity contribution in [3.05, 3.63) is 35.9 Å². The van der Waals surface area contributed by atoms with Gasteiger partial charge in [-0.25, -0.2) is 0 Å². The van der Waals surface area contributed by atoms with E-state index in [0.29, 0.717) is 32.1 Å². The van der Waals surface area contributed by atoms with E-state index in [1.54, 1.807) is 0 Å². The van der Waals surface area contributed by atoms with E-state index in [1.807, 2.05) is 47.1 Å². The zero-order chi connectivity index (χ0) is 16.7. The molecule has 0 spiro atoms. The topological polar surface area (TPSA) is 49.9 Å². The van der Waals surface area contributed by atoms with Crippen molar-refractivity contribution in [3.8, 4) is 0 Å². The molecule has 2 heterocycles. The number of likely N-dealkylation sites (tertiary alicyclic amines) is 1. The highest BCUT2D eigenvalue weighted by atomic mass is 16.5. The molecule has 4 rings (SSSR count). The van der Waals surface area contributed by atoms with Crippen LogP contribution in [0.4, 0.5) is 0 Å². The molecule has 0 aromatic heterocycles. The minimum atomic E-state index is -0.181. The fourth-order valence-electron chi connectivity index (χ4n) is 3.88. The molecule has 1 aliphatic carbocycles. The molecule has 5 heteroatoms. The standard InChI is InChI=1S/C19H24N2O3/c1-13-10-20(12-17(24-13)14-5-3-2-4-6-14)19(23)15-9-18(22)21(11-15)16-7-8-16/h2-6,13,15-17H,7-12H2,1H3/t13-,15+,17+/m1/s1. The largest absolute Gasteiger partial charge is 0.367 e. The average molecular weight is 328 g/mol. The highest BCUT2D eigenvalue weighted by Gasteiger charge is 2.43. The molecule has 2 amide bonds. The van der Waals surface area contributed by atoms with E-state index < -0.39 is 0 Å². The number of carbonyl (C=O) groups is 2. The molecule has 0 unspecified atom stereocenters. The Kier molecular flexibility index (Phi) is 4.04. The SMILES string of the molecule is C[C@@H]1CN(C(=O)[C@H]2CC(=O)N(C3CC3)C2)C[C@@H](c2ccccc2)O1. The number of carbonyl (C=O) groups excluding carboxylic acids is 2. The summed E-state index contributed by atoms with van der Waals surface area (Å²) >= 11 is 0. The molecule has 0 radical (unpaired) electrons. The zero-order valence-electron chi connectivity index (χ0n) is 14.1. The Labute approximate surface area is 142 Å².